The minimum atomic E-state index is 0.0353. The predicted molar refractivity (Wildman–Crippen MR) is 103 cm³/mol. The highest BCUT2D eigenvalue weighted by atomic mass is 16.1. The van der Waals surface area contributed by atoms with E-state index in [0.29, 0.717) is 11.1 Å². The molecule has 2 bridgehead atoms. The summed E-state index contributed by atoms with van der Waals surface area (Å²) in [4.78, 5) is 15.9. The molecule has 2 atom stereocenters. The number of amides is 1. The third-order valence-corrected chi connectivity index (χ3v) is 6.73. The van der Waals surface area contributed by atoms with Gasteiger partial charge < -0.3 is 10.3 Å². The lowest BCUT2D eigenvalue weighted by molar-refractivity contribution is 0.0310. The summed E-state index contributed by atoms with van der Waals surface area (Å²) in [6, 6.07) is 10.0. The Morgan fingerprint density at radius 1 is 1.20 bits per heavy atom. The summed E-state index contributed by atoms with van der Waals surface area (Å²) in [7, 11) is 0. The van der Waals surface area contributed by atoms with Gasteiger partial charge in [-0.15, -0.1) is 0 Å². The van der Waals surface area contributed by atoms with Crippen LogP contribution >= 0.6 is 0 Å². The molecule has 3 nitrogen and oxygen atoms in total. The fourth-order valence-electron chi connectivity index (χ4n) is 5.66. The number of carbonyl (C=O) groups excluding carboxylic acids is 1. The van der Waals surface area contributed by atoms with Crippen LogP contribution in [-0.2, 0) is 0 Å². The molecule has 1 heterocycles. The highest BCUT2D eigenvalue weighted by Crippen LogP contribution is 2.51. The van der Waals surface area contributed by atoms with E-state index >= 15 is 0 Å². The summed E-state index contributed by atoms with van der Waals surface area (Å²) in [5, 5.41) is 4.35. The largest absolute Gasteiger partial charge is 0.351 e. The van der Waals surface area contributed by atoms with Gasteiger partial charge >= 0.3 is 0 Å². The van der Waals surface area contributed by atoms with Crippen molar-refractivity contribution in [3.63, 3.8) is 0 Å². The smallest absolute Gasteiger partial charge is 0.267 e. The lowest BCUT2D eigenvalue weighted by atomic mass is 9.58. The Balaban J connectivity index is 1.44. The van der Waals surface area contributed by atoms with Gasteiger partial charge in [-0.3, -0.25) is 4.79 Å². The van der Waals surface area contributed by atoms with E-state index in [4.69, 9.17) is 0 Å². The molecular weight excluding hydrogens is 308 g/mol. The molecule has 134 valence electrons. The van der Waals surface area contributed by atoms with Gasteiger partial charge in [0, 0.05) is 17.4 Å². The van der Waals surface area contributed by atoms with Crippen LogP contribution in [0.1, 0.15) is 62.9 Å². The summed E-state index contributed by atoms with van der Waals surface area (Å²) in [5.74, 6) is 2.66. The normalized spacial score (nSPS) is 31.8. The quantitative estimate of drug-likeness (QED) is 0.796. The number of hydrogen-bond acceptors (Lipinski definition) is 1. The van der Waals surface area contributed by atoms with Gasteiger partial charge in [0.15, 0.2) is 0 Å². The van der Waals surface area contributed by atoms with E-state index in [1.54, 1.807) is 0 Å². The van der Waals surface area contributed by atoms with Gasteiger partial charge in [-0.05, 0) is 73.8 Å². The molecule has 1 aromatic carbocycles. The molecule has 2 unspecified atom stereocenters. The fourth-order valence-corrected chi connectivity index (χ4v) is 5.66. The van der Waals surface area contributed by atoms with Crippen LogP contribution in [0.3, 0.4) is 0 Å². The molecule has 1 amide bonds. The van der Waals surface area contributed by atoms with Crippen molar-refractivity contribution in [1.29, 1.82) is 0 Å². The Labute approximate surface area is 150 Å². The van der Waals surface area contributed by atoms with E-state index in [2.05, 4.69) is 24.1 Å². The van der Waals surface area contributed by atoms with Crippen molar-refractivity contribution in [2.75, 3.05) is 6.54 Å². The van der Waals surface area contributed by atoms with Gasteiger partial charge in [-0.1, -0.05) is 32.0 Å². The molecular formula is C22H30N2O. The van der Waals surface area contributed by atoms with E-state index in [1.807, 2.05) is 30.3 Å². The molecule has 2 saturated carbocycles. The molecule has 2 aliphatic carbocycles. The molecule has 3 heteroatoms. The number of fused-ring (bicyclic) bond motifs is 3. The second-order valence-electron chi connectivity index (χ2n) is 8.76. The lowest BCUT2D eigenvalue weighted by Gasteiger charge is -2.48. The first-order valence-corrected chi connectivity index (χ1v) is 9.93. The number of rotatable bonds is 4. The van der Waals surface area contributed by atoms with Crippen molar-refractivity contribution in [2.24, 2.45) is 23.2 Å². The zero-order chi connectivity index (χ0) is 17.4. The van der Waals surface area contributed by atoms with Gasteiger partial charge in [0.05, 0.1) is 0 Å². The summed E-state index contributed by atoms with van der Waals surface area (Å²) < 4.78 is 0. The van der Waals surface area contributed by atoms with Crippen molar-refractivity contribution in [3.8, 4) is 0 Å². The van der Waals surface area contributed by atoms with Crippen LogP contribution in [0, 0.1) is 23.2 Å². The molecule has 2 aliphatic rings. The second-order valence-corrected chi connectivity index (χ2v) is 8.76. The number of nitrogens with one attached hydrogen (secondary N) is 2. The first kappa shape index (κ1) is 16.7. The van der Waals surface area contributed by atoms with E-state index in [-0.39, 0.29) is 5.91 Å². The van der Waals surface area contributed by atoms with Crippen LogP contribution in [-0.4, -0.2) is 17.4 Å². The van der Waals surface area contributed by atoms with Gasteiger partial charge in [0.25, 0.3) is 5.91 Å². The number of hydrogen-bond donors (Lipinski definition) is 2. The minimum absolute atomic E-state index is 0.0353. The SMILES string of the molecule is CCC1(CNC(=O)c2cc3ccccc3[nH]2)CC2CC(C)CC(C2)C1. The number of H-pyrrole nitrogens is 1. The van der Waals surface area contributed by atoms with Gasteiger partial charge in [0.2, 0.25) is 0 Å². The monoisotopic (exact) mass is 338 g/mol. The molecule has 0 spiro atoms. The summed E-state index contributed by atoms with van der Waals surface area (Å²) >= 11 is 0. The third-order valence-electron chi connectivity index (χ3n) is 6.73. The highest BCUT2D eigenvalue weighted by molar-refractivity contribution is 5.97. The zero-order valence-corrected chi connectivity index (χ0v) is 15.5. The van der Waals surface area contributed by atoms with Crippen molar-refractivity contribution >= 4 is 16.8 Å². The first-order valence-electron chi connectivity index (χ1n) is 9.93. The van der Waals surface area contributed by atoms with Crippen LogP contribution in [0.25, 0.3) is 10.9 Å². The zero-order valence-electron chi connectivity index (χ0n) is 15.5. The van der Waals surface area contributed by atoms with Crippen molar-refractivity contribution in [3.05, 3.63) is 36.0 Å². The summed E-state index contributed by atoms with van der Waals surface area (Å²) in [5.41, 5.74) is 2.01. The Morgan fingerprint density at radius 3 is 2.60 bits per heavy atom. The molecule has 0 radical (unpaired) electrons. The number of carbonyl (C=O) groups is 1. The third kappa shape index (κ3) is 3.33. The Hall–Kier alpha value is -1.77. The topological polar surface area (TPSA) is 44.9 Å². The van der Waals surface area contributed by atoms with Gasteiger partial charge in [-0.2, -0.15) is 0 Å². The van der Waals surface area contributed by atoms with Crippen molar-refractivity contribution in [2.45, 2.75) is 52.4 Å². The van der Waals surface area contributed by atoms with Crippen molar-refractivity contribution in [1.82, 2.24) is 10.3 Å². The van der Waals surface area contributed by atoms with Crippen LogP contribution in [0.15, 0.2) is 30.3 Å². The molecule has 2 N–H and O–H groups in total. The van der Waals surface area contributed by atoms with Gasteiger partial charge in [0.1, 0.15) is 5.69 Å². The van der Waals surface area contributed by atoms with Crippen molar-refractivity contribution < 1.29 is 4.79 Å². The second kappa shape index (κ2) is 6.51. The number of para-hydroxylation sites is 1. The summed E-state index contributed by atoms with van der Waals surface area (Å²) in [6.07, 6.45) is 7.93. The lowest BCUT2D eigenvalue weighted by Crippen LogP contribution is -2.44. The molecule has 2 fully saturated rings. The molecule has 1 aromatic heterocycles. The van der Waals surface area contributed by atoms with Crippen LogP contribution < -0.4 is 5.32 Å². The van der Waals surface area contributed by atoms with Crippen LogP contribution in [0.2, 0.25) is 0 Å². The molecule has 0 aliphatic heterocycles. The average molecular weight is 338 g/mol. The maximum Gasteiger partial charge on any atom is 0.267 e. The molecule has 0 saturated heterocycles. The molecule has 25 heavy (non-hydrogen) atoms. The Kier molecular flexibility index (Phi) is 4.35. The van der Waals surface area contributed by atoms with Gasteiger partial charge in [-0.25, -0.2) is 0 Å². The standard InChI is InChI=1S/C22H30N2O/c1-3-22(12-16-8-15(2)9-17(10-16)13-22)14-23-21(25)20-11-18-6-4-5-7-19(18)24-20/h4-7,11,15-17,24H,3,8-10,12-14H2,1-2H3,(H,23,25). The van der Waals surface area contributed by atoms with E-state index in [0.717, 1.165) is 35.2 Å². The Bertz CT molecular complexity index is 711. The molecule has 4 rings (SSSR count). The fraction of sp³-hybridized carbons (Fsp3) is 0.591. The summed E-state index contributed by atoms with van der Waals surface area (Å²) in [6.45, 7) is 5.54. The maximum atomic E-state index is 12.7. The minimum Gasteiger partial charge on any atom is -0.351 e. The van der Waals surface area contributed by atoms with E-state index in [9.17, 15) is 4.79 Å². The van der Waals surface area contributed by atoms with Crippen LogP contribution in [0.5, 0.6) is 0 Å². The van der Waals surface area contributed by atoms with E-state index < -0.39 is 0 Å². The molecule has 2 aromatic rings. The number of aromatic amines is 1. The number of benzene rings is 1. The predicted octanol–water partition coefficient (Wildman–Crippen LogP) is 5.14. The Morgan fingerprint density at radius 2 is 1.92 bits per heavy atom. The maximum absolute atomic E-state index is 12.7. The highest BCUT2D eigenvalue weighted by Gasteiger charge is 2.42. The van der Waals surface area contributed by atoms with E-state index in [1.165, 1.54) is 38.5 Å². The number of aromatic nitrogens is 1. The van der Waals surface area contributed by atoms with Crippen LogP contribution in [0.4, 0.5) is 0 Å². The first-order chi connectivity index (χ1) is 12.1. The average Bonchev–Trinajstić information content (AvgIpc) is 3.03.